The van der Waals surface area contributed by atoms with Gasteiger partial charge in [-0.15, -0.1) is 0 Å². The van der Waals surface area contributed by atoms with Crippen molar-refractivity contribution in [3.05, 3.63) is 65.9 Å². The number of H-pyrrole nitrogens is 1. The van der Waals surface area contributed by atoms with Gasteiger partial charge in [0, 0.05) is 35.9 Å². The number of nitrogens with zero attached hydrogens (tertiary/aromatic N) is 2. The molecule has 0 unspecified atom stereocenters. The highest BCUT2D eigenvalue weighted by Gasteiger charge is 2.30. The van der Waals surface area contributed by atoms with Crippen LogP contribution >= 0.6 is 12.2 Å². The van der Waals surface area contributed by atoms with Gasteiger partial charge in [0.1, 0.15) is 0 Å². The summed E-state index contributed by atoms with van der Waals surface area (Å²) >= 11 is 5.52. The van der Waals surface area contributed by atoms with Crippen molar-refractivity contribution in [2.75, 3.05) is 38.0 Å². The molecule has 4 nitrogen and oxygen atoms in total. The first-order valence-electron chi connectivity index (χ1n) is 12.9. The van der Waals surface area contributed by atoms with Gasteiger partial charge in [-0.25, -0.2) is 0 Å². The normalized spacial score (nSPS) is 18.6. The fraction of sp³-hybridized carbons (Fsp3) is 0.464. The van der Waals surface area contributed by atoms with Crippen molar-refractivity contribution in [3.63, 3.8) is 0 Å². The summed E-state index contributed by atoms with van der Waals surface area (Å²) in [5.74, 6) is 1.33. The van der Waals surface area contributed by atoms with Crippen LogP contribution in [0, 0.1) is 5.92 Å². The van der Waals surface area contributed by atoms with Gasteiger partial charge in [0.2, 0.25) is 0 Å². The molecule has 5 rings (SSSR count). The Kier molecular flexibility index (Phi) is 7.53. The average molecular weight is 515 g/mol. The molecular formula is C28H33F3N4S. The van der Waals surface area contributed by atoms with Crippen LogP contribution in [0.15, 0.2) is 54.7 Å². The third-order valence-corrected chi connectivity index (χ3v) is 8.23. The summed E-state index contributed by atoms with van der Waals surface area (Å²) in [6, 6.07) is 13.6. The number of thiocarbonyl (C=S) groups is 1. The van der Waals surface area contributed by atoms with E-state index in [2.05, 4.69) is 50.6 Å². The molecule has 0 bridgehead atoms. The monoisotopic (exact) mass is 514 g/mol. The van der Waals surface area contributed by atoms with Crippen LogP contribution in [0.4, 0.5) is 18.9 Å². The first-order valence-corrected chi connectivity index (χ1v) is 13.3. The molecule has 2 aromatic carbocycles. The fourth-order valence-electron chi connectivity index (χ4n) is 5.63. The number of para-hydroxylation sites is 1. The van der Waals surface area contributed by atoms with E-state index in [9.17, 15) is 13.2 Å². The molecule has 0 atom stereocenters. The molecule has 2 aliphatic heterocycles. The van der Waals surface area contributed by atoms with Crippen LogP contribution in [0.3, 0.4) is 0 Å². The largest absolute Gasteiger partial charge is 0.416 e. The summed E-state index contributed by atoms with van der Waals surface area (Å²) in [5, 5.41) is 5.05. The van der Waals surface area contributed by atoms with Crippen LogP contribution in [0.5, 0.6) is 0 Å². The van der Waals surface area contributed by atoms with E-state index in [4.69, 9.17) is 12.2 Å². The minimum Gasteiger partial charge on any atom is -0.361 e. The summed E-state index contributed by atoms with van der Waals surface area (Å²) in [4.78, 5) is 8.18. The number of likely N-dealkylation sites (tertiary alicyclic amines) is 2. The molecule has 3 heterocycles. The molecule has 3 aromatic rings. The van der Waals surface area contributed by atoms with E-state index in [0.717, 1.165) is 57.7 Å². The number of nitrogens with one attached hydrogen (secondary N) is 2. The van der Waals surface area contributed by atoms with Gasteiger partial charge in [0.15, 0.2) is 5.11 Å². The Balaban J connectivity index is 1.02. The third-order valence-electron chi connectivity index (χ3n) is 7.87. The Morgan fingerprint density at radius 3 is 2.33 bits per heavy atom. The van der Waals surface area contributed by atoms with Gasteiger partial charge in [-0.3, -0.25) is 0 Å². The summed E-state index contributed by atoms with van der Waals surface area (Å²) in [6.45, 7) is 5.24. The SMILES string of the molecule is FC(F)(F)c1ccc(NC(=S)N2CCC(CCN3CCC(c4c[nH]c5ccccc45)CC3)CC2)cc1. The van der Waals surface area contributed by atoms with E-state index >= 15 is 0 Å². The van der Waals surface area contributed by atoms with E-state index in [1.165, 1.54) is 47.9 Å². The number of piperidine rings is 2. The maximum Gasteiger partial charge on any atom is 0.416 e. The molecule has 0 spiro atoms. The number of halogens is 3. The van der Waals surface area contributed by atoms with Crippen LogP contribution in [-0.2, 0) is 6.18 Å². The second kappa shape index (κ2) is 10.8. The van der Waals surface area contributed by atoms with Crippen LogP contribution in [0.25, 0.3) is 10.9 Å². The number of anilines is 1. The number of hydrogen-bond acceptors (Lipinski definition) is 2. The van der Waals surface area contributed by atoms with E-state index in [1.807, 2.05) is 0 Å². The maximum absolute atomic E-state index is 12.8. The lowest BCUT2D eigenvalue weighted by Gasteiger charge is -2.36. The van der Waals surface area contributed by atoms with Gasteiger partial charge in [-0.1, -0.05) is 18.2 Å². The molecule has 2 saturated heterocycles. The van der Waals surface area contributed by atoms with Gasteiger partial charge in [0.25, 0.3) is 0 Å². The lowest BCUT2D eigenvalue weighted by atomic mass is 9.88. The minimum absolute atomic E-state index is 0.589. The zero-order valence-corrected chi connectivity index (χ0v) is 21.2. The Morgan fingerprint density at radius 2 is 1.64 bits per heavy atom. The van der Waals surface area contributed by atoms with Crippen molar-refractivity contribution in [2.45, 2.75) is 44.2 Å². The number of fused-ring (bicyclic) bond motifs is 1. The van der Waals surface area contributed by atoms with Crippen molar-refractivity contribution in [3.8, 4) is 0 Å². The molecule has 192 valence electrons. The predicted molar refractivity (Wildman–Crippen MR) is 143 cm³/mol. The second-order valence-electron chi connectivity index (χ2n) is 10.1. The number of benzene rings is 2. The first kappa shape index (κ1) is 25.1. The Hall–Kier alpha value is -2.58. The molecule has 0 radical (unpaired) electrons. The van der Waals surface area contributed by atoms with Gasteiger partial charge in [-0.2, -0.15) is 13.2 Å². The van der Waals surface area contributed by atoms with E-state index in [0.29, 0.717) is 22.6 Å². The fourth-order valence-corrected chi connectivity index (χ4v) is 5.93. The average Bonchev–Trinajstić information content (AvgIpc) is 3.32. The minimum atomic E-state index is -4.33. The van der Waals surface area contributed by atoms with Crippen LogP contribution < -0.4 is 5.32 Å². The highest BCUT2D eigenvalue weighted by molar-refractivity contribution is 7.80. The van der Waals surface area contributed by atoms with Crippen LogP contribution in [0.2, 0.25) is 0 Å². The highest BCUT2D eigenvalue weighted by Crippen LogP contribution is 2.34. The topological polar surface area (TPSA) is 34.3 Å². The molecule has 0 amide bonds. The molecule has 0 saturated carbocycles. The Labute approximate surface area is 215 Å². The third kappa shape index (κ3) is 5.86. The van der Waals surface area contributed by atoms with Gasteiger partial charge < -0.3 is 20.1 Å². The highest BCUT2D eigenvalue weighted by atomic mass is 32.1. The maximum atomic E-state index is 12.8. The van der Waals surface area contributed by atoms with Gasteiger partial charge >= 0.3 is 6.18 Å². The first-order chi connectivity index (χ1) is 17.4. The van der Waals surface area contributed by atoms with Gasteiger partial charge in [0.05, 0.1) is 5.56 Å². The summed E-state index contributed by atoms with van der Waals surface area (Å²) in [6.07, 6.45) is 3.71. The van der Waals surface area contributed by atoms with Crippen molar-refractivity contribution in [1.82, 2.24) is 14.8 Å². The summed E-state index contributed by atoms with van der Waals surface area (Å²) < 4.78 is 38.3. The lowest BCUT2D eigenvalue weighted by molar-refractivity contribution is -0.137. The van der Waals surface area contributed by atoms with E-state index < -0.39 is 11.7 Å². The zero-order valence-electron chi connectivity index (χ0n) is 20.4. The van der Waals surface area contributed by atoms with Crippen molar-refractivity contribution in [2.24, 2.45) is 5.92 Å². The molecule has 0 aliphatic carbocycles. The lowest BCUT2D eigenvalue weighted by Crippen LogP contribution is -2.41. The predicted octanol–water partition coefficient (Wildman–Crippen LogP) is 6.87. The summed E-state index contributed by atoms with van der Waals surface area (Å²) in [7, 11) is 0. The molecule has 1 aromatic heterocycles. The van der Waals surface area contributed by atoms with Gasteiger partial charge in [-0.05, 0) is 112 Å². The van der Waals surface area contributed by atoms with Crippen LogP contribution in [-0.4, -0.2) is 52.6 Å². The van der Waals surface area contributed by atoms with E-state index in [-0.39, 0.29) is 0 Å². The smallest absolute Gasteiger partial charge is 0.361 e. The standard InChI is InChI=1S/C28H33F3N4S/c29-28(30,31)22-5-7-23(8-6-22)33-27(36)35-17-10-20(11-18-35)9-14-34-15-12-21(13-16-34)25-19-32-26-4-2-1-3-24(25)26/h1-8,19-21,32H,9-18H2,(H,33,36). The molecular weight excluding hydrogens is 481 g/mol. The number of aromatic nitrogens is 1. The van der Waals surface area contributed by atoms with Crippen molar-refractivity contribution >= 4 is 33.9 Å². The van der Waals surface area contributed by atoms with E-state index in [1.54, 1.807) is 0 Å². The Bertz CT molecular complexity index is 1160. The number of hydrogen-bond donors (Lipinski definition) is 2. The molecule has 2 fully saturated rings. The number of rotatable bonds is 5. The molecule has 2 aliphatic rings. The van der Waals surface area contributed by atoms with Crippen molar-refractivity contribution in [1.29, 1.82) is 0 Å². The van der Waals surface area contributed by atoms with Crippen molar-refractivity contribution < 1.29 is 13.2 Å². The molecule has 8 heteroatoms. The quantitative estimate of drug-likeness (QED) is 0.364. The molecule has 36 heavy (non-hydrogen) atoms. The second-order valence-corrected chi connectivity index (χ2v) is 10.5. The van der Waals surface area contributed by atoms with Crippen LogP contribution in [0.1, 0.15) is 49.1 Å². The molecule has 2 N–H and O–H groups in total. The number of aromatic amines is 1. The number of alkyl halides is 3. The Morgan fingerprint density at radius 1 is 0.944 bits per heavy atom. The summed E-state index contributed by atoms with van der Waals surface area (Å²) in [5.41, 5.74) is 2.64. The zero-order chi connectivity index (χ0) is 25.1.